The Kier molecular flexibility index (Phi) is 2.90. The van der Waals surface area contributed by atoms with Gasteiger partial charge in [-0.2, -0.15) is 0 Å². The van der Waals surface area contributed by atoms with Crippen molar-refractivity contribution >= 4 is 5.91 Å². The Morgan fingerprint density at radius 2 is 2.28 bits per heavy atom. The monoisotopic (exact) mass is 249 g/mol. The maximum Gasteiger partial charge on any atom is 0.287 e. The highest BCUT2D eigenvalue weighted by Crippen LogP contribution is 2.48. The maximum atomic E-state index is 12.1. The molecule has 2 aliphatic rings. The Hall–Kier alpha value is -1.29. The summed E-state index contributed by atoms with van der Waals surface area (Å²) in [4.78, 5) is 12.1. The molecule has 18 heavy (non-hydrogen) atoms. The van der Waals surface area contributed by atoms with Crippen molar-refractivity contribution in [2.24, 2.45) is 17.8 Å². The SMILES string of the molecule is Cc1ccoc1C(=O)NC1C2CCC(C2)C1CO. The van der Waals surface area contributed by atoms with Crippen molar-refractivity contribution in [3.05, 3.63) is 23.7 Å². The molecule has 4 nitrogen and oxygen atoms in total. The van der Waals surface area contributed by atoms with Crippen LogP contribution in [0.15, 0.2) is 16.7 Å². The van der Waals surface area contributed by atoms with Gasteiger partial charge in [-0.3, -0.25) is 4.79 Å². The molecule has 1 aromatic heterocycles. The molecule has 3 rings (SSSR count). The number of aliphatic hydroxyl groups excluding tert-OH is 1. The van der Waals surface area contributed by atoms with E-state index in [1.54, 1.807) is 6.07 Å². The third kappa shape index (κ3) is 1.75. The molecule has 98 valence electrons. The maximum absolute atomic E-state index is 12.1. The number of fused-ring (bicyclic) bond motifs is 2. The zero-order valence-corrected chi connectivity index (χ0v) is 10.6. The number of carbonyl (C=O) groups excluding carboxylic acids is 1. The van der Waals surface area contributed by atoms with Gasteiger partial charge in [0.25, 0.3) is 5.91 Å². The minimum Gasteiger partial charge on any atom is -0.459 e. The molecule has 2 saturated carbocycles. The van der Waals surface area contributed by atoms with Gasteiger partial charge >= 0.3 is 0 Å². The molecule has 2 bridgehead atoms. The van der Waals surface area contributed by atoms with Crippen molar-refractivity contribution in [1.82, 2.24) is 5.32 Å². The topological polar surface area (TPSA) is 62.5 Å². The molecule has 1 heterocycles. The molecule has 0 radical (unpaired) electrons. The van der Waals surface area contributed by atoms with Crippen LogP contribution in [0, 0.1) is 24.7 Å². The molecule has 2 aliphatic carbocycles. The summed E-state index contributed by atoms with van der Waals surface area (Å²) in [6, 6.07) is 1.91. The van der Waals surface area contributed by atoms with Gasteiger partial charge in [0.05, 0.1) is 6.26 Å². The van der Waals surface area contributed by atoms with Gasteiger partial charge in [-0.1, -0.05) is 0 Å². The Bertz CT molecular complexity index is 454. The molecule has 0 spiro atoms. The number of carbonyl (C=O) groups is 1. The highest BCUT2D eigenvalue weighted by Gasteiger charge is 2.47. The van der Waals surface area contributed by atoms with Crippen LogP contribution in [0.5, 0.6) is 0 Å². The molecule has 4 atom stereocenters. The Morgan fingerprint density at radius 1 is 1.50 bits per heavy atom. The fourth-order valence-corrected chi connectivity index (χ4v) is 3.72. The normalized spacial score (nSPS) is 33.9. The molecular weight excluding hydrogens is 230 g/mol. The first-order chi connectivity index (χ1) is 8.70. The summed E-state index contributed by atoms with van der Waals surface area (Å²) in [6.07, 6.45) is 5.05. The second-order valence-electron chi connectivity index (χ2n) is 5.61. The van der Waals surface area contributed by atoms with Crippen LogP contribution >= 0.6 is 0 Å². The van der Waals surface area contributed by atoms with Gasteiger partial charge in [0, 0.05) is 24.1 Å². The summed E-state index contributed by atoms with van der Waals surface area (Å²) >= 11 is 0. The Morgan fingerprint density at radius 3 is 2.94 bits per heavy atom. The van der Waals surface area contributed by atoms with Gasteiger partial charge in [-0.15, -0.1) is 0 Å². The predicted molar refractivity (Wildman–Crippen MR) is 66.1 cm³/mol. The fourth-order valence-electron chi connectivity index (χ4n) is 3.72. The van der Waals surface area contributed by atoms with Gasteiger partial charge in [-0.05, 0) is 44.1 Å². The highest BCUT2D eigenvalue weighted by atomic mass is 16.3. The van der Waals surface area contributed by atoms with Crippen molar-refractivity contribution in [3.8, 4) is 0 Å². The van der Waals surface area contributed by atoms with Crippen molar-refractivity contribution in [3.63, 3.8) is 0 Å². The number of furan rings is 1. The van der Waals surface area contributed by atoms with Crippen LogP contribution in [0.4, 0.5) is 0 Å². The highest BCUT2D eigenvalue weighted by molar-refractivity contribution is 5.93. The lowest BCUT2D eigenvalue weighted by Crippen LogP contribution is -2.45. The molecule has 0 saturated heterocycles. The molecule has 4 unspecified atom stereocenters. The number of nitrogens with one attached hydrogen (secondary N) is 1. The summed E-state index contributed by atoms with van der Waals surface area (Å²) < 4.78 is 5.21. The molecule has 2 N–H and O–H groups in total. The van der Waals surface area contributed by atoms with E-state index >= 15 is 0 Å². The average molecular weight is 249 g/mol. The lowest BCUT2D eigenvalue weighted by molar-refractivity contribution is 0.0833. The largest absolute Gasteiger partial charge is 0.459 e. The van der Waals surface area contributed by atoms with Gasteiger partial charge in [-0.25, -0.2) is 0 Å². The summed E-state index contributed by atoms with van der Waals surface area (Å²) in [5.74, 6) is 1.60. The van der Waals surface area contributed by atoms with Crippen molar-refractivity contribution < 1.29 is 14.3 Å². The Balaban J connectivity index is 1.73. The van der Waals surface area contributed by atoms with E-state index in [2.05, 4.69) is 5.32 Å². The number of aliphatic hydroxyl groups is 1. The standard InChI is InChI=1S/C14H19NO3/c1-8-4-5-18-13(8)14(17)15-12-10-3-2-9(6-10)11(12)7-16/h4-5,9-12,16H,2-3,6-7H2,1H3,(H,15,17). The van der Waals surface area contributed by atoms with E-state index in [1.807, 2.05) is 6.92 Å². The number of hydrogen-bond acceptors (Lipinski definition) is 3. The molecule has 2 fully saturated rings. The first-order valence-corrected chi connectivity index (χ1v) is 6.66. The molecule has 0 aromatic carbocycles. The molecule has 1 amide bonds. The van der Waals surface area contributed by atoms with E-state index in [9.17, 15) is 9.90 Å². The minimum atomic E-state index is -0.145. The predicted octanol–water partition coefficient (Wildman–Crippen LogP) is 1.72. The summed E-state index contributed by atoms with van der Waals surface area (Å²) in [7, 11) is 0. The van der Waals surface area contributed by atoms with Crippen LogP contribution in [0.2, 0.25) is 0 Å². The van der Waals surface area contributed by atoms with E-state index in [0.717, 1.165) is 12.0 Å². The van der Waals surface area contributed by atoms with Crippen LogP contribution in [0.25, 0.3) is 0 Å². The zero-order valence-electron chi connectivity index (χ0n) is 10.6. The van der Waals surface area contributed by atoms with Gasteiger partial charge in [0.1, 0.15) is 0 Å². The van der Waals surface area contributed by atoms with Crippen molar-refractivity contribution in [2.45, 2.75) is 32.2 Å². The minimum absolute atomic E-state index is 0.116. The quantitative estimate of drug-likeness (QED) is 0.857. The average Bonchev–Trinajstić information content (AvgIpc) is 3.03. The van der Waals surface area contributed by atoms with Crippen LogP contribution in [0.1, 0.15) is 35.4 Å². The van der Waals surface area contributed by atoms with E-state index < -0.39 is 0 Å². The lowest BCUT2D eigenvalue weighted by Gasteiger charge is -2.30. The van der Waals surface area contributed by atoms with Crippen molar-refractivity contribution in [1.29, 1.82) is 0 Å². The third-order valence-corrected chi connectivity index (χ3v) is 4.67. The number of rotatable bonds is 3. The van der Waals surface area contributed by atoms with E-state index in [0.29, 0.717) is 17.6 Å². The first kappa shape index (κ1) is 11.8. The smallest absolute Gasteiger partial charge is 0.287 e. The van der Waals surface area contributed by atoms with Gasteiger partial charge < -0.3 is 14.8 Å². The van der Waals surface area contributed by atoms with E-state index in [4.69, 9.17) is 4.42 Å². The number of amides is 1. The van der Waals surface area contributed by atoms with E-state index in [1.165, 1.54) is 19.1 Å². The molecule has 0 aliphatic heterocycles. The molecular formula is C14H19NO3. The van der Waals surface area contributed by atoms with Crippen LogP contribution in [-0.4, -0.2) is 23.7 Å². The third-order valence-electron chi connectivity index (χ3n) is 4.67. The first-order valence-electron chi connectivity index (χ1n) is 6.66. The molecule has 1 aromatic rings. The van der Waals surface area contributed by atoms with Crippen LogP contribution in [-0.2, 0) is 0 Å². The lowest BCUT2D eigenvalue weighted by atomic mass is 9.85. The number of aryl methyl sites for hydroxylation is 1. The Labute approximate surface area is 106 Å². The second-order valence-corrected chi connectivity index (χ2v) is 5.61. The van der Waals surface area contributed by atoms with Gasteiger partial charge in [0.15, 0.2) is 5.76 Å². The molecule has 4 heteroatoms. The van der Waals surface area contributed by atoms with Gasteiger partial charge in [0.2, 0.25) is 0 Å². The van der Waals surface area contributed by atoms with Crippen LogP contribution in [0.3, 0.4) is 0 Å². The summed E-state index contributed by atoms with van der Waals surface area (Å²) in [5, 5.41) is 12.5. The zero-order chi connectivity index (χ0) is 12.7. The summed E-state index contributed by atoms with van der Waals surface area (Å²) in [5.41, 5.74) is 0.858. The van der Waals surface area contributed by atoms with Crippen LogP contribution < -0.4 is 5.32 Å². The summed E-state index contributed by atoms with van der Waals surface area (Å²) in [6.45, 7) is 2.03. The van der Waals surface area contributed by atoms with E-state index in [-0.39, 0.29) is 24.5 Å². The second kappa shape index (κ2) is 4.43. The fraction of sp³-hybridized carbons (Fsp3) is 0.643. The number of hydrogen-bond donors (Lipinski definition) is 2. The van der Waals surface area contributed by atoms with Crippen molar-refractivity contribution in [2.75, 3.05) is 6.61 Å².